The summed E-state index contributed by atoms with van der Waals surface area (Å²) in [6.45, 7) is 2.47. The molecule has 0 saturated carbocycles. The molecule has 0 aliphatic rings. The quantitative estimate of drug-likeness (QED) is 0.244. The van der Waals surface area contributed by atoms with Gasteiger partial charge in [-0.15, -0.1) is 0 Å². The molecule has 0 saturated heterocycles. The average Bonchev–Trinajstić information content (AvgIpc) is 2.90. The van der Waals surface area contributed by atoms with E-state index in [1.807, 2.05) is 55.5 Å². The summed E-state index contributed by atoms with van der Waals surface area (Å²) < 4.78 is 6.58. The second kappa shape index (κ2) is 12.2. The van der Waals surface area contributed by atoms with Crippen molar-refractivity contribution in [2.24, 2.45) is 0 Å². The van der Waals surface area contributed by atoms with Gasteiger partial charge in [0.2, 0.25) is 0 Å². The summed E-state index contributed by atoms with van der Waals surface area (Å²) >= 11 is 3.50. The van der Waals surface area contributed by atoms with E-state index >= 15 is 0 Å². The van der Waals surface area contributed by atoms with Crippen molar-refractivity contribution in [3.63, 3.8) is 0 Å². The lowest BCUT2D eigenvalue weighted by Crippen LogP contribution is -2.26. The van der Waals surface area contributed by atoms with Crippen LogP contribution in [-0.4, -0.2) is 18.4 Å². The molecule has 36 heavy (non-hydrogen) atoms. The van der Waals surface area contributed by atoms with Gasteiger partial charge in [0.1, 0.15) is 5.75 Å². The van der Waals surface area contributed by atoms with Crippen LogP contribution in [0, 0.1) is 0 Å². The van der Waals surface area contributed by atoms with Gasteiger partial charge in [0.25, 0.3) is 11.8 Å². The number of benzene rings is 4. The minimum absolute atomic E-state index is 0.136. The van der Waals surface area contributed by atoms with E-state index < -0.39 is 0 Å². The first-order valence-electron chi connectivity index (χ1n) is 11.7. The molecule has 4 aromatic rings. The van der Waals surface area contributed by atoms with Gasteiger partial charge in [0.05, 0.1) is 17.1 Å². The average molecular weight is 543 g/mol. The summed E-state index contributed by atoms with van der Waals surface area (Å²) in [4.78, 5) is 25.6. The molecule has 2 N–H and O–H groups in total. The van der Waals surface area contributed by atoms with Crippen LogP contribution in [-0.2, 0) is 6.42 Å². The monoisotopic (exact) mass is 542 g/mol. The van der Waals surface area contributed by atoms with E-state index in [9.17, 15) is 9.59 Å². The van der Waals surface area contributed by atoms with E-state index in [1.54, 1.807) is 42.5 Å². The lowest BCUT2D eigenvalue weighted by Gasteiger charge is -2.15. The van der Waals surface area contributed by atoms with Gasteiger partial charge in [-0.05, 0) is 70.4 Å². The van der Waals surface area contributed by atoms with Crippen LogP contribution in [0.4, 0.5) is 5.69 Å². The summed E-state index contributed by atoms with van der Waals surface area (Å²) in [6.07, 6.45) is 0.795. The highest BCUT2D eigenvalue weighted by Gasteiger charge is 2.14. The van der Waals surface area contributed by atoms with Gasteiger partial charge in [-0.2, -0.15) is 0 Å². The molecule has 0 aliphatic carbocycles. The molecule has 2 amide bonds. The molecule has 0 aromatic heterocycles. The predicted octanol–water partition coefficient (Wildman–Crippen LogP) is 6.81. The Hall–Kier alpha value is -3.90. The second-order valence-corrected chi connectivity index (χ2v) is 9.22. The molecule has 0 heterocycles. The number of halogens is 1. The van der Waals surface area contributed by atoms with E-state index in [0.29, 0.717) is 33.6 Å². The Labute approximate surface area is 219 Å². The lowest BCUT2D eigenvalue weighted by molar-refractivity contribution is 0.0938. The standard InChI is InChI=1S/C30H27BrN2O3/c1-21(23-11-6-3-7-12-23)32-29(34)24-13-8-14-26(19-24)33-30(35)25-15-16-28(27(31)20-25)36-18-17-22-9-4-2-5-10-22/h2-16,19-21H,17-18H2,1H3,(H,32,34)(H,33,35). The lowest BCUT2D eigenvalue weighted by atomic mass is 10.1. The maximum atomic E-state index is 12.8. The molecule has 5 nitrogen and oxygen atoms in total. The van der Waals surface area contributed by atoms with Gasteiger partial charge < -0.3 is 15.4 Å². The number of carbonyl (C=O) groups excluding carboxylic acids is 2. The number of rotatable bonds is 9. The van der Waals surface area contributed by atoms with E-state index in [2.05, 4.69) is 38.7 Å². The van der Waals surface area contributed by atoms with Crippen LogP contribution in [0.5, 0.6) is 5.75 Å². The van der Waals surface area contributed by atoms with Crippen molar-refractivity contribution < 1.29 is 14.3 Å². The molecule has 0 fully saturated rings. The highest BCUT2D eigenvalue weighted by molar-refractivity contribution is 9.10. The highest BCUT2D eigenvalue weighted by Crippen LogP contribution is 2.27. The normalized spacial score (nSPS) is 11.4. The summed E-state index contributed by atoms with van der Waals surface area (Å²) in [5.74, 6) is 0.192. The molecular weight excluding hydrogens is 516 g/mol. The highest BCUT2D eigenvalue weighted by atomic mass is 79.9. The number of hydrogen-bond donors (Lipinski definition) is 2. The van der Waals surface area contributed by atoms with Gasteiger partial charge in [-0.1, -0.05) is 66.7 Å². The van der Waals surface area contributed by atoms with Crippen molar-refractivity contribution in [2.45, 2.75) is 19.4 Å². The van der Waals surface area contributed by atoms with Gasteiger partial charge in [0, 0.05) is 23.2 Å². The molecule has 0 spiro atoms. The Morgan fingerprint density at radius 3 is 2.22 bits per heavy atom. The minimum Gasteiger partial charge on any atom is -0.492 e. The van der Waals surface area contributed by atoms with Crippen LogP contribution in [0.25, 0.3) is 0 Å². The largest absolute Gasteiger partial charge is 0.492 e. The summed E-state index contributed by atoms with van der Waals surface area (Å²) in [7, 11) is 0. The molecule has 4 rings (SSSR count). The molecule has 0 radical (unpaired) electrons. The third kappa shape index (κ3) is 6.83. The first kappa shape index (κ1) is 25.2. The number of hydrogen-bond acceptors (Lipinski definition) is 3. The molecule has 6 heteroatoms. The third-order valence-electron chi connectivity index (χ3n) is 5.71. The van der Waals surface area contributed by atoms with E-state index in [1.165, 1.54) is 5.56 Å². The second-order valence-electron chi connectivity index (χ2n) is 8.37. The van der Waals surface area contributed by atoms with Crippen LogP contribution in [0.3, 0.4) is 0 Å². The van der Waals surface area contributed by atoms with Gasteiger partial charge >= 0.3 is 0 Å². The number of anilines is 1. The van der Waals surface area contributed by atoms with Gasteiger partial charge in [-0.3, -0.25) is 9.59 Å². The number of carbonyl (C=O) groups is 2. The fourth-order valence-corrected chi connectivity index (χ4v) is 4.22. The van der Waals surface area contributed by atoms with Crippen LogP contribution in [0.2, 0.25) is 0 Å². The fourth-order valence-electron chi connectivity index (χ4n) is 3.73. The maximum absolute atomic E-state index is 12.8. The van der Waals surface area contributed by atoms with Crippen molar-refractivity contribution in [1.29, 1.82) is 0 Å². The zero-order chi connectivity index (χ0) is 25.3. The van der Waals surface area contributed by atoms with Crippen molar-refractivity contribution in [2.75, 3.05) is 11.9 Å². The first-order chi connectivity index (χ1) is 17.5. The Morgan fingerprint density at radius 1 is 0.806 bits per heavy atom. The molecule has 4 aromatic carbocycles. The van der Waals surface area contributed by atoms with E-state index in [4.69, 9.17) is 4.74 Å². The summed E-state index contributed by atoms with van der Waals surface area (Å²) in [6, 6.07) is 31.9. The Kier molecular flexibility index (Phi) is 8.53. The molecule has 1 unspecified atom stereocenters. The van der Waals surface area contributed by atoms with Crippen LogP contribution in [0.15, 0.2) is 108 Å². The molecule has 0 aliphatic heterocycles. The van der Waals surface area contributed by atoms with Crippen molar-refractivity contribution >= 4 is 33.4 Å². The topological polar surface area (TPSA) is 67.4 Å². The number of amides is 2. The Morgan fingerprint density at radius 2 is 1.50 bits per heavy atom. The van der Waals surface area contributed by atoms with Crippen molar-refractivity contribution in [3.05, 3.63) is 130 Å². The van der Waals surface area contributed by atoms with Crippen molar-refractivity contribution in [3.8, 4) is 5.75 Å². The minimum atomic E-state index is -0.276. The third-order valence-corrected chi connectivity index (χ3v) is 6.33. The van der Waals surface area contributed by atoms with Crippen LogP contribution in [0.1, 0.15) is 44.8 Å². The Balaban J connectivity index is 1.35. The zero-order valence-corrected chi connectivity index (χ0v) is 21.5. The van der Waals surface area contributed by atoms with E-state index in [0.717, 1.165) is 12.0 Å². The molecule has 0 bridgehead atoms. The van der Waals surface area contributed by atoms with Gasteiger partial charge in [0.15, 0.2) is 0 Å². The van der Waals surface area contributed by atoms with Crippen LogP contribution >= 0.6 is 15.9 Å². The maximum Gasteiger partial charge on any atom is 0.255 e. The molecule has 1 atom stereocenters. The fraction of sp³-hybridized carbons (Fsp3) is 0.133. The Bertz CT molecular complexity index is 1330. The summed E-state index contributed by atoms with van der Waals surface area (Å²) in [5, 5.41) is 5.86. The smallest absolute Gasteiger partial charge is 0.255 e. The van der Waals surface area contributed by atoms with E-state index in [-0.39, 0.29) is 17.9 Å². The number of nitrogens with one attached hydrogen (secondary N) is 2. The predicted molar refractivity (Wildman–Crippen MR) is 147 cm³/mol. The van der Waals surface area contributed by atoms with Crippen molar-refractivity contribution in [1.82, 2.24) is 5.32 Å². The summed E-state index contributed by atoms with van der Waals surface area (Å²) in [5.41, 5.74) is 3.71. The number of ether oxygens (including phenoxy) is 1. The molecule has 182 valence electrons. The van der Waals surface area contributed by atoms with Crippen LogP contribution < -0.4 is 15.4 Å². The zero-order valence-electron chi connectivity index (χ0n) is 19.9. The molecular formula is C30H27BrN2O3. The first-order valence-corrected chi connectivity index (χ1v) is 12.5. The van der Waals surface area contributed by atoms with Gasteiger partial charge in [-0.25, -0.2) is 0 Å². The SMILES string of the molecule is CC(NC(=O)c1cccc(NC(=O)c2ccc(OCCc3ccccc3)c(Br)c2)c1)c1ccccc1.